The lowest BCUT2D eigenvalue weighted by Gasteiger charge is -2.29. The number of hydrogen-bond donors (Lipinski definition) is 2. The largest absolute Gasteiger partial charge is 0.493 e. The molecule has 2 atom stereocenters. The highest BCUT2D eigenvalue weighted by Gasteiger charge is 2.27. The van der Waals surface area contributed by atoms with Crippen LogP contribution in [0.4, 0.5) is 0 Å². The van der Waals surface area contributed by atoms with Crippen molar-refractivity contribution in [3.05, 3.63) is 29.3 Å². The van der Waals surface area contributed by atoms with Crippen LogP contribution in [-0.2, 0) is 22.4 Å². The number of rotatable bonds is 8. The molecule has 1 aliphatic carbocycles. The molecule has 3 aliphatic rings. The van der Waals surface area contributed by atoms with E-state index in [1.165, 1.54) is 30.4 Å². The number of nitrogens with zero attached hydrogens (tertiary/aromatic N) is 1. The van der Waals surface area contributed by atoms with E-state index in [0.717, 1.165) is 71.1 Å². The molecule has 29 heavy (non-hydrogen) atoms. The molecule has 1 amide bonds. The van der Waals surface area contributed by atoms with Crippen molar-refractivity contribution >= 4 is 5.91 Å². The zero-order valence-electron chi connectivity index (χ0n) is 17.5. The first-order valence-electron chi connectivity index (χ1n) is 11.3. The lowest BCUT2D eigenvalue weighted by atomic mass is 9.90. The second kappa shape index (κ2) is 10.4. The van der Waals surface area contributed by atoms with Crippen molar-refractivity contribution in [2.75, 3.05) is 59.1 Å². The average Bonchev–Trinajstić information content (AvgIpc) is 3.24. The number of amides is 1. The van der Waals surface area contributed by atoms with E-state index in [0.29, 0.717) is 12.5 Å². The van der Waals surface area contributed by atoms with E-state index in [4.69, 9.17) is 9.47 Å². The first-order chi connectivity index (χ1) is 14.3. The molecular weight excluding hydrogens is 366 g/mol. The minimum Gasteiger partial charge on any atom is -0.493 e. The maximum absolute atomic E-state index is 12.6. The monoisotopic (exact) mass is 401 g/mol. The Kier molecular flexibility index (Phi) is 7.41. The van der Waals surface area contributed by atoms with Gasteiger partial charge in [0.1, 0.15) is 5.75 Å². The predicted octanol–water partition coefficient (Wildman–Crippen LogP) is 1.62. The summed E-state index contributed by atoms with van der Waals surface area (Å²) in [6, 6.07) is 6.51. The van der Waals surface area contributed by atoms with Crippen LogP contribution in [0.5, 0.6) is 5.75 Å². The van der Waals surface area contributed by atoms with Gasteiger partial charge in [-0.1, -0.05) is 6.07 Å². The Morgan fingerprint density at radius 1 is 1.21 bits per heavy atom. The Bertz CT molecular complexity index is 675. The van der Waals surface area contributed by atoms with Crippen LogP contribution in [0.15, 0.2) is 18.2 Å². The van der Waals surface area contributed by atoms with Crippen molar-refractivity contribution in [3.63, 3.8) is 0 Å². The first-order valence-corrected chi connectivity index (χ1v) is 11.3. The summed E-state index contributed by atoms with van der Waals surface area (Å²) in [6.45, 7) is 7.82. The van der Waals surface area contributed by atoms with Gasteiger partial charge in [-0.2, -0.15) is 0 Å². The molecule has 0 saturated carbocycles. The van der Waals surface area contributed by atoms with Crippen LogP contribution in [0.2, 0.25) is 0 Å². The van der Waals surface area contributed by atoms with Gasteiger partial charge in [-0.3, -0.25) is 9.69 Å². The second-order valence-corrected chi connectivity index (χ2v) is 8.65. The molecule has 6 heteroatoms. The summed E-state index contributed by atoms with van der Waals surface area (Å²) in [5.74, 6) is 1.57. The number of morpholine rings is 1. The van der Waals surface area contributed by atoms with Gasteiger partial charge in [-0.25, -0.2) is 0 Å². The Morgan fingerprint density at radius 3 is 2.97 bits per heavy atom. The summed E-state index contributed by atoms with van der Waals surface area (Å²) in [4.78, 5) is 15.0. The van der Waals surface area contributed by atoms with Crippen molar-refractivity contribution in [3.8, 4) is 5.75 Å². The second-order valence-electron chi connectivity index (χ2n) is 8.65. The third kappa shape index (κ3) is 5.93. The number of nitrogens with one attached hydrogen (secondary N) is 2. The van der Waals surface area contributed by atoms with Crippen LogP contribution in [0.3, 0.4) is 0 Å². The molecule has 2 heterocycles. The molecule has 6 nitrogen and oxygen atoms in total. The van der Waals surface area contributed by atoms with Crippen LogP contribution in [0, 0.1) is 11.8 Å². The smallest absolute Gasteiger partial charge is 0.224 e. The van der Waals surface area contributed by atoms with Crippen molar-refractivity contribution in [2.45, 2.75) is 32.1 Å². The summed E-state index contributed by atoms with van der Waals surface area (Å²) in [6.07, 6.45) is 5.52. The Hall–Kier alpha value is -1.63. The van der Waals surface area contributed by atoms with Gasteiger partial charge in [0.25, 0.3) is 0 Å². The number of hydrogen-bond acceptors (Lipinski definition) is 5. The third-order valence-corrected chi connectivity index (χ3v) is 6.42. The number of ether oxygens (including phenoxy) is 2. The van der Waals surface area contributed by atoms with Crippen LogP contribution in [0.25, 0.3) is 0 Å². The Balaban J connectivity index is 1.15. The summed E-state index contributed by atoms with van der Waals surface area (Å²) in [5, 5.41) is 6.56. The van der Waals surface area contributed by atoms with Crippen molar-refractivity contribution < 1.29 is 14.3 Å². The molecule has 0 radical (unpaired) electrons. The lowest BCUT2D eigenvalue weighted by molar-refractivity contribution is -0.126. The molecule has 1 aromatic carbocycles. The van der Waals surface area contributed by atoms with Crippen molar-refractivity contribution in [1.82, 2.24) is 15.5 Å². The standard InChI is InChI=1S/C23H35N3O3/c27-23(25-7-2-8-26-9-11-28-12-10-26)21-13-18(15-24-16-21)17-29-22-6-5-19-3-1-4-20(19)14-22/h5-6,14,18,21,24H,1-4,7-13,15-17H2,(H,25,27)/t18-,21+/m0/s1. The van der Waals surface area contributed by atoms with E-state index in [9.17, 15) is 4.79 Å². The molecule has 4 rings (SSSR count). The van der Waals surface area contributed by atoms with Crippen LogP contribution in [-0.4, -0.2) is 69.9 Å². The highest BCUT2D eigenvalue weighted by atomic mass is 16.5. The molecule has 0 aromatic heterocycles. The van der Waals surface area contributed by atoms with Gasteiger partial charge in [0.2, 0.25) is 5.91 Å². The van der Waals surface area contributed by atoms with E-state index in [1.54, 1.807) is 0 Å². The van der Waals surface area contributed by atoms with Gasteiger partial charge >= 0.3 is 0 Å². The van der Waals surface area contributed by atoms with Crippen LogP contribution >= 0.6 is 0 Å². The topological polar surface area (TPSA) is 62.8 Å². The molecule has 2 N–H and O–H groups in total. The van der Waals surface area contributed by atoms with Crippen LogP contribution in [0.1, 0.15) is 30.4 Å². The fourth-order valence-corrected chi connectivity index (χ4v) is 4.69. The summed E-state index contributed by atoms with van der Waals surface area (Å²) < 4.78 is 11.4. The van der Waals surface area contributed by atoms with E-state index < -0.39 is 0 Å². The fourth-order valence-electron chi connectivity index (χ4n) is 4.69. The van der Waals surface area contributed by atoms with Gasteiger partial charge in [0.15, 0.2) is 0 Å². The first kappa shape index (κ1) is 20.6. The zero-order chi connectivity index (χ0) is 19.9. The van der Waals surface area contributed by atoms with Crippen molar-refractivity contribution in [2.24, 2.45) is 11.8 Å². The van der Waals surface area contributed by atoms with Crippen molar-refractivity contribution in [1.29, 1.82) is 0 Å². The summed E-state index contributed by atoms with van der Waals surface area (Å²) >= 11 is 0. The molecule has 160 valence electrons. The zero-order valence-corrected chi connectivity index (χ0v) is 17.5. The highest BCUT2D eigenvalue weighted by molar-refractivity contribution is 5.79. The maximum Gasteiger partial charge on any atom is 0.224 e. The quantitative estimate of drug-likeness (QED) is 0.648. The minimum atomic E-state index is 0.0424. The van der Waals surface area contributed by atoms with Gasteiger partial charge < -0.3 is 20.1 Å². The SMILES string of the molecule is O=C(NCCCN1CCOCC1)[C@H]1CNC[C@@H](COc2ccc3c(c2)CCC3)C1. The molecule has 2 saturated heterocycles. The van der Waals surface area contributed by atoms with E-state index >= 15 is 0 Å². The molecule has 1 aromatic rings. The van der Waals surface area contributed by atoms with E-state index in [-0.39, 0.29) is 11.8 Å². The van der Waals surface area contributed by atoms with E-state index in [2.05, 4.69) is 33.7 Å². The molecule has 0 bridgehead atoms. The number of benzene rings is 1. The normalized spacial score (nSPS) is 24.8. The number of fused-ring (bicyclic) bond motifs is 1. The molecule has 0 spiro atoms. The number of aryl methyl sites for hydroxylation is 2. The molecular formula is C23H35N3O3. The highest BCUT2D eigenvalue weighted by Crippen LogP contribution is 2.27. The minimum absolute atomic E-state index is 0.0424. The number of carbonyl (C=O) groups excluding carboxylic acids is 1. The predicted molar refractivity (Wildman–Crippen MR) is 113 cm³/mol. The molecule has 0 unspecified atom stereocenters. The fraction of sp³-hybridized carbons (Fsp3) is 0.696. The van der Waals surface area contributed by atoms with Gasteiger partial charge in [-0.15, -0.1) is 0 Å². The summed E-state index contributed by atoms with van der Waals surface area (Å²) in [5.41, 5.74) is 2.92. The van der Waals surface area contributed by atoms with Gasteiger partial charge in [0.05, 0.1) is 25.7 Å². The third-order valence-electron chi connectivity index (χ3n) is 6.42. The van der Waals surface area contributed by atoms with Gasteiger partial charge in [0, 0.05) is 38.6 Å². The average molecular weight is 402 g/mol. The molecule has 2 aliphatic heterocycles. The lowest BCUT2D eigenvalue weighted by Crippen LogP contribution is -2.46. The van der Waals surface area contributed by atoms with Crippen LogP contribution < -0.4 is 15.4 Å². The maximum atomic E-state index is 12.6. The Labute approximate surface area is 174 Å². The number of carbonyl (C=O) groups is 1. The Morgan fingerprint density at radius 2 is 2.07 bits per heavy atom. The van der Waals surface area contributed by atoms with Gasteiger partial charge in [-0.05, 0) is 61.9 Å². The molecule has 2 fully saturated rings. The summed E-state index contributed by atoms with van der Waals surface area (Å²) in [7, 11) is 0. The van der Waals surface area contributed by atoms with E-state index in [1.807, 2.05) is 0 Å². The number of piperidine rings is 1.